The van der Waals surface area contributed by atoms with Gasteiger partial charge in [0.1, 0.15) is 0 Å². The van der Waals surface area contributed by atoms with Crippen molar-refractivity contribution in [3.8, 4) is 11.5 Å². The third kappa shape index (κ3) is 3.40. The van der Waals surface area contributed by atoms with Crippen LogP contribution in [0.4, 0.5) is 0 Å². The molecule has 2 aromatic carbocycles. The molecule has 3 nitrogen and oxygen atoms in total. The molecule has 0 saturated heterocycles. The molecule has 2 aromatic rings. The average Bonchev–Trinajstić information content (AvgIpc) is 3.42. The Labute approximate surface area is 147 Å². The van der Waals surface area contributed by atoms with Gasteiger partial charge >= 0.3 is 0 Å². The van der Waals surface area contributed by atoms with Gasteiger partial charge in [0.2, 0.25) is 0 Å². The molecule has 126 valence electrons. The lowest BCUT2D eigenvalue weighted by Gasteiger charge is -2.19. The van der Waals surface area contributed by atoms with E-state index in [1.807, 2.05) is 30.3 Å². The predicted octanol–water partition coefficient (Wildman–Crippen LogP) is 4.06. The SMILES string of the molecule is Oc1cc2c(c(Sc3ccccc3)c1O)CCN(CC1CC1)CC2. The summed E-state index contributed by atoms with van der Waals surface area (Å²) in [5.41, 5.74) is 2.39. The topological polar surface area (TPSA) is 43.7 Å². The van der Waals surface area contributed by atoms with Crippen LogP contribution in [0.25, 0.3) is 0 Å². The molecule has 1 aliphatic carbocycles. The molecule has 1 heterocycles. The normalized spacial score (nSPS) is 18.2. The van der Waals surface area contributed by atoms with E-state index in [1.54, 1.807) is 17.8 Å². The van der Waals surface area contributed by atoms with Gasteiger partial charge in [0.05, 0.1) is 4.90 Å². The molecule has 0 atom stereocenters. The maximum atomic E-state index is 10.4. The van der Waals surface area contributed by atoms with E-state index in [2.05, 4.69) is 4.90 Å². The van der Waals surface area contributed by atoms with Crippen molar-refractivity contribution < 1.29 is 10.2 Å². The summed E-state index contributed by atoms with van der Waals surface area (Å²) >= 11 is 1.55. The predicted molar refractivity (Wildman–Crippen MR) is 96.9 cm³/mol. The third-order valence-electron chi connectivity index (χ3n) is 4.98. The molecule has 1 saturated carbocycles. The molecule has 24 heavy (non-hydrogen) atoms. The van der Waals surface area contributed by atoms with Gasteiger partial charge in [-0.15, -0.1) is 0 Å². The van der Waals surface area contributed by atoms with Crippen LogP contribution in [0.3, 0.4) is 0 Å². The second-order valence-corrected chi connectivity index (χ2v) is 7.95. The number of fused-ring (bicyclic) bond motifs is 1. The molecular formula is C20H23NO2S. The summed E-state index contributed by atoms with van der Waals surface area (Å²) in [4.78, 5) is 4.45. The molecule has 1 fully saturated rings. The molecular weight excluding hydrogens is 318 g/mol. The highest BCUT2D eigenvalue weighted by molar-refractivity contribution is 7.99. The van der Waals surface area contributed by atoms with Crippen LogP contribution in [-0.2, 0) is 12.8 Å². The largest absolute Gasteiger partial charge is 0.504 e. The molecule has 0 unspecified atom stereocenters. The first-order valence-electron chi connectivity index (χ1n) is 8.72. The zero-order chi connectivity index (χ0) is 16.5. The number of phenols is 2. The fraction of sp³-hybridized carbons (Fsp3) is 0.400. The van der Waals surface area contributed by atoms with E-state index in [4.69, 9.17) is 0 Å². The van der Waals surface area contributed by atoms with E-state index >= 15 is 0 Å². The minimum Gasteiger partial charge on any atom is -0.504 e. The highest BCUT2D eigenvalue weighted by Gasteiger charge is 2.27. The van der Waals surface area contributed by atoms with Gasteiger partial charge in [0, 0.05) is 24.5 Å². The van der Waals surface area contributed by atoms with Gasteiger partial charge in [-0.1, -0.05) is 30.0 Å². The first kappa shape index (κ1) is 15.9. The maximum Gasteiger partial charge on any atom is 0.171 e. The third-order valence-corrected chi connectivity index (χ3v) is 6.13. The molecule has 0 radical (unpaired) electrons. The summed E-state index contributed by atoms with van der Waals surface area (Å²) in [5, 5.41) is 20.6. The van der Waals surface area contributed by atoms with Gasteiger partial charge in [0.25, 0.3) is 0 Å². The number of benzene rings is 2. The smallest absolute Gasteiger partial charge is 0.171 e. The second-order valence-electron chi connectivity index (χ2n) is 6.87. The number of rotatable bonds is 4. The van der Waals surface area contributed by atoms with Gasteiger partial charge in [-0.3, -0.25) is 0 Å². The first-order chi connectivity index (χ1) is 11.7. The fourth-order valence-electron chi connectivity index (χ4n) is 3.45. The maximum absolute atomic E-state index is 10.4. The fourth-order valence-corrected chi connectivity index (χ4v) is 4.53. The van der Waals surface area contributed by atoms with Crippen molar-refractivity contribution >= 4 is 11.8 Å². The van der Waals surface area contributed by atoms with Crippen molar-refractivity contribution in [2.75, 3.05) is 19.6 Å². The molecule has 0 amide bonds. The number of phenolic OH excluding ortho intramolecular Hbond substituents is 2. The summed E-state index contributed by atoms with van der Waals surface area (Å²) in [6.07, 6.45) is 4.63. The molecule has 1 aliphatic heterocycles. The number of hydrogen-bond donors (Lipinski definition) is 2. The number of hydrogen-bond acceptors (Lipinski definition) is 4. The summed E-state index contributed by atoms with van der Waals surface area (Å²) in [7, 11) is 0. The van der Waals surface area contributed by atoms with Gasteiger partial charge in [-0.2, -0.15) is 0 Å². The van der Waals surface area contributed by atoms with Crippen LogP contribution in [0.5, 0.6) is 11.5 Å². The van der Waals surface area contributed by atoms with Crippen molar-refractivity contribution in [1.29, 1.82) is 0 Å². The van der Waals surface area contributed by atoms with E-state index in [9.17, 15) is 10.2 Å². The molecule has 0 spiro atoms. The second kappa shape index (κ2) is 6.69. The van der Waals surface area contributed by atoms with Crippen LogP contribution in [0.15, 0.2) is 46.2 Å². The van der Waals surface area contributed by atoms with Gasteiger partial charge in [0.15, 0.2) is 11.5 Å². The molecule has 2 N–H and O–H groups in total. The minimum absolute atomic E-state index is 0.00261. The van der Waals surface area contributed by atoms with Crippen LogP contribution in [-0.4, -0.2) is 34.7 Å². The zero-order valence-corrected chi connectivity index (χ0v) is 14.6. The van der Waals surface area contributed by atoms with E-state index < -0.39 is 0 Å². The quantitative estimate of drug-likeness (QED) is 0.823. The number of nitrogens with zero attached hydrogens (tertiary/aromatic N) is 1. The Bertz CT molecular complexity index is 728. The van der Waals surface area contributed by atoms with Crippen molar-refractivity contribution in [3.63, 3.8) is 0 Å². The van der Waals surface area contributed by atoms with Crippen molar-refractivity contribution in [1.82, 2.24) is 4.90 Å². The van der Waals surface area contributed by atoms with Gasteiger partial charge in [-0.05, 0) is 60.9 Å². The van der Waals surface area contributed by atoms with Crippen molar-refractivity contribution in [2.24, 2.45) is 5.92 Å². The van der Waals surface area contributed by atoms with E-state index in [0.29, 0.717) is 0 Å². The molecule has 0 aromatic heterocycles. The summed E-state index contributed by atoms with van der Waals surface area (Å²) in [6.45, 7) is 3.28. The first-order valence-corrected chi connectivity index (χ1v) is 9.54. The van der Waals surface area contributed by atoms with Gasteiger partial charge < -0.3 is 15.1 Å². The summed E-state index contributed by atoms with van der Waals surface area (Å²) in [5.74, 6) is 0.923. The molecule has 4 heteroatoms. The Morgan fingerprint density at radius 3 is 2.54 bits per heavy atom. The van der Waals surface area contributed by atoms with Crippen LogP contribution < -0.4 is 0 Å². The minimum atomic E-state index is 0.00261. The lowest BCUT2D eigenvalue weighted by molar-refractivity contribution is 0.275. The van der Waals surface area contributed by atoms with Crippen molar-refractivity contribution in [2.45, 2.75) is 35.5 Å². The summed E-state index contributed by atoms with van der Waals surface area (Å²) < 4.78 is 0. The Kier molecular flexibility index (Phi) is 4.42. The molecule has 2 aliphatic rings. The van der Waals surface area contributed by atoms with E-state index in [1.165, 1.54) is 30.5 Å². The van der Waals surface area contributed by atoms with E-state index in [0.717, 1.165) is 41.6 Å². The monoisotopic (exact) mass is 341 g/mol. The Morgan fingerprint density at radius 2 is 1.79 bits per heavy atom. The lowest BCUT2D eigenvalue weighted by atomic mass is 10.0. The Hall–Kier alpha value is -1.65. The van der Waals surface area contributed by atoms with Gasteiger partial charge in [-0.25, -0.2) is 0 Å². The zero-order valence-electron chi connectivity index (χ0n) is 13.7. The van der Waals surface area contributed by atoms with Crippen molar-refractivity contribution in [3.05, 3.63) is 47.5 Å². The van der Waals surface area contributed by atoms with Crippen LogP contribution >= 0.6 is 11.8 Å². The summed E-state index contributed by atoms with van der Waals surface area (Å²) in [6, 6.07) is 11.8. The average molecular weight is 341 g/mol. The number of aromatic hydroxyl groups is 2. The highest BCUT2D eigenvalue weighted by Crippen LogP contribution is 2.44. The van der Waals surface area contributed by atoms with E-state index in [-0.39, 0.29) is 11.5 Å². The highest BCUT2D eigenvalue weighted by atomic mass is 32.2. The molecule has 0 bridgehead atoms. The van der Waals surface area contributed by atoms with Crippen LogP contribution in [0.2, 0.25) is 0 Å². The van der Waals surface area contributed by atoms with Crippen LogP contribution in [0, 0.1) is 5.92 Å². The lowest BCUT2D eigenvalue weighted by Crippen LogP contribution is -2.28. The molecule has 4 rings (SSSR count). The Morgan fingerprint density at radius 1 is 1.04 bits per heavy atom. The van der Waals surface area contributed by atoms with Crippen LogP contribution in [0.1, 0.15) is 24.0 Å². The standard InChI is InChI=1S/C20H23NO2S/c22-18-12-15-8-10-21(13-14-6-7-14)11-9-17(15)20(19(18)23)24-16-4-2-1-3-5-16/h1-5,12,14,22-23H,6-11,13H2. The Balaban J connectivity index is 1.63.